The van der Waals surface area contributed by atoms with Gasteiger partial charge in [-0.15, -0.1) is 0 Å². The molecule has 0 heterocycles. The van der Waals surface area contributed by atoms with Crippen LogP contribution in [0.2, 0.25) is 0 Å². The number of rotatable bonds is 28. The lowest BCUT2D eigenvalue weighted by molar-refractivity contribution is -0.122. The van der Waals surface area contributed by atoms with Crippen LogP contribution in [-0.2, 0) is 9.59 Å². The van der Waals surface area contributed by atoms with Crippen LogP contribution >= 0.6 is 0 Å². The summed E-state index contributed by atoms with van der Waals surface area (Å²) in [5.41, 5.74) is 0. The van der Waals surface area contributed by atoms with Gasteiger partial charge in [0.15, 0.2) is 0 Å². The van der Waals surface area contributed by atoms with Crippen molar-refractivity contribution in [3.05, 3.63) is 0 Å². The Labute approximate surface area is 249 Å². The van der Waals surface area contributed by atoms with Crippen molar-refractivity contribution in [2.24, 2.45) is 0 Å². The molecule has 40 heavy (non-hydrogen) atoms. The fourth-order valence-corrected chi connectivity index (χ4v) is 4.75. The molecular formula is C36H64N2O2. The predicted molar refractivity (Wildman–Crippen MR) is 173 cm³/mol. The smallest absolute Gasteiger partial charge is 0.220 e. The molecule has 0 saturated heterocycles. The normalized spacial score (nSPS) is 10.3. The summed E-state index contributed by atoms with van der Waals surface area (Å²) in [5.74, 6) is 12.1. The minimum absolute atomic E-state index is 0.134. The monoisotopic (exact) mass is 556 g/mol. The summed E-state index contributed by atoms with van der Waals surface area (Å²) in [5, 5.41) is 6.06. The van der Waals surface area contributed by atoms with E-state index < -0.39 is 0 Å². The molecular weight excluding hydrogens is 492 g/mol. The Morgan fingerprint density at radius 1 is 0.425 bits per heavy atom. The van der Waals surface area contributed by atoms with Crippen molar-refractivity contribution in [1.29, 1.82) is 0 Å². The molecule has 2 N–H and O–H groups in total. The first-order valence-corrected chi connectivity index (χ1v) is 17.2. The van der Waals surface area contributed by atoms with Crippen LogP contribution in [0.3, 0.4) is 0 Å². The second-order valence-electron chi connectivity index (χ2n) is 11.4. The van der Waals surface area contributed by atoms with Crippen LogP contribution in [0.4, 0.5) is 0 Å². The van der Waals surface area contributed by atoms with Crippen LogP contribution in [0.15, 0.2) is 0 Å². The lowest BCUT2D eigenvalue weighted by Gasteiger charge is -2.05. The molecule has 0 rings (SSSR count). The molecule has 4 nitrogen and oxygen atoms in total. The number of carbonyl (C=O) groups is 2. The highest BCUT2D eigenvalue weighted by atomic mass is 16.2. The van der Waals surface area contributed by atoms with Crippen LogP contribution in [0.25, 0.3) is 0 Å². The fourth-order valence-electron chi connectivity index (χ4n) is 4.75. The number of carbonyl (C=O) groups excluding carboxylic acids is 2. The van der Waals surface area contributed by atoms with E-state index in [0.29, 0.717) is 25.7 Å². The molecule has 0 aromatic rings. The average Bonchev–Trinajstić information content (AvgIpc) is 2.95. The highest BCUT2D eigenvalue weighted by molar-refractivity contribution is 5.76. The van der Waals surface area contributed by atoms with E-state index in [9.17, 15) is 9.59 Å². The van der Waals surface area contributed by atoms with Gasteiger partial charge in [0.05, 0.1) is 0 Å². The van der Waals surface area contributed by atoms with Gasteiger partial charge in [-0.25, -0.2) is 0 Å². The molecule has 0 unspecified atom stereocenters. The molecule has 0 aromatic heterocycles. The minimum Gasteiger partial charge on any atom is -0.356 e. The summed E-state index contributed by atoms with van der Waals surface area (Å²) in [4.78, 5) is 23.8. The van der Waals surface area contributed by atoms with E-state index >= 15 is 0 Å². The fraction of sp³-hybridized carbons (Fsp3) is 0.833. The molecule has 0 aliphatic carbocycles. The SMILES string of the molecule is CCCCCCCCCCCCNC(=O)CCCC#CC#CCCCC(=O)NCCCCCCCCCCCC. The number of hydrogen-bond acceptors (Lipinski definition) is 2. The minimum atomic E-state index is 0.134. The number of nitrogens with one attached hydrogen (secondary N) is 2. The third kappa shape index (κ3) is 32.3. The van der Waals surface area contributed by atoms with Crippen molar-refractivity contribution >= 4 is 11.8 Å². The predicted octanol–water partition coefficient (Wildman–Crippen LogP) is 9.41. The van der Waals surface area contributed by atoms with E-state index in [4.69, 9.17) is 0 Å². The molecule has 0 saturated carbocycles. The van der Waals surface area contributed by atoms with E-state index in [1.54, 1.807) is 0 Å². The topological polar surface area (TPSA) is 58.2 Å². The summed E-state index contributed by atoms with van der Waals surface area (Å²) < 4.78 is 0. The third-order valence-corrected chi connectivity index (χ3v) is 7.36. The lowest BCUT2D eigenvalue weighted by Crippen LogP contribution is -2.23. The van der Waals surface area contributed by atoms with Crippen LogP contribution in [0.1, 0.15) is 181 Å². The Balaban J connectivity index is 3.44. The van der Waals surface area contributed by atoms with E-state index in [-0.39, 0.29) is 11.8 Å². The van der Waals surface area contributed by atoms with E-state index in [0.717, 1.165) is 38.8 Å². The van der Waals surface area contributed by atoms with Crippen molar-refractivity contribution in [3.63, 3.8) is 0 Å². The van der Waals surface area contributed by atoms with Gasteiger partial charge >= 0.3 is 0 Å². The van der Waals surface area contributed by atoms with Gasteiger partial charge in [0.25, 0.3) is 0 Å². The second-order valence-corrected chi connectivity index (χ2v) is 11.4. The van der Waals surface area contributed by atoms with Gasteiger partial charge < -0.3 is 10.6 Å². The number of unbranched alkanes of at least 4 members (excludes halogenated alkanes) is 20. The summed E-state index contributed by atoms with van der Waals surface area (Å²) in [6, 6.07) is 0. The molecule has 0 aliphatic heterocycles. The van der Waals surface area contributed by atoms with Crippen molar-refractivity contribution in [2.75, 3.05) is 13.1 Å². The molecule has 0 fully saturated rings. The Bertz CT molecular complexity index is 635. The maximum atomic E-state index is 11.9. The van der Waals surface area contributed by atoms with E-state index in [1.807, 2.05) is 0 Å². The van der Waals surface area contributed by atoms with Gasteiger partial charge in [0.1, 0.15) is 0 Å². The summed E-state index contributed by atoms with van der Waals surface area (Å²) in [7, 11) is 0. The highest BCUT2D eigenvalue weighted by Crippen LogP contribution is 2.11. The zero-order valence-corrected chi connectivity index (χ0v) is 26.6. The van der Waals surface area contributed by atoms with Crippen LogP contribution in [0, 0.1) is 23.7 Å². The Kier molecular flexibility index (Phi) is 31.7. The van der Waals surface area contributed by atoms with Gasteiger partial charge in [0.2, 0.25) is 11.8 Å². The maximum Gasteiger partial charge on any atom is 0.220 e. The van der Waals surface area contributed by atoms with E-state index in [1.165, 1.54) is 116 Å². The summed E-state index contributed by atoms with van der Waals surface area (Å²) >= 11 is 0. The van der Waals surface area contributed by atoms with Crippen molar-refractivity contribution < 1.29 is 9.59 Å². The molecule has 0 spiro atoms. The average molecular weight is 557 g/mol. The Morgan fingerprint density at radius 3 is 1.05 bits per heavy atom. The summed E-state index contributed by atoms with van der Waals surface area (Å²) in [6.45, 7) is 6.11. The van der Waals surface area contributed by atoms with Gasteiger partial charge in [-0.2, -0.15) is 0 Å². The molecule has 230 valence electrons. The molecule has 0 aliphatic rings. The van der Waals surface area contributed by atoms with Crippen LogP contribution in [0.5, 0.6) is 0 Å². The van der Waals surface area contributed by atoms with Crippen molar-refractivity contribution in [3.8, 4) is 23.7 Å². The Morgan fingerprint density at radius 2 is 0.725 bits per heavy atom. The zero-order valence-electron chi connectivity index (χ0n) is 26.6. The Hall–Kier alpha value is -1.94. The van der Waals surface area contributed by atoms with Crippen LogP contribution in [-0.4, -0.2) is 24.9 Å². The zero-order chi connectivity index (χ0) is 29.2. The van der Waals surface area contributed by atoms with Gasteiger partial charge in [0, 0.05) is 38.8 Å². The van der Waals surface area contributed by atoms with Crippen molar-refractivity contribution in [2.45, 2.75) is 181 Å². The number of amides is 2. The van der Waals surface area contributed by atoms with Crippen LogP contribution < -0.4 is 10.6 Å². The van der Waals surface area contributed by atoms with Gasteiger partial charge in [-0.05, 0) is 37.5 Å². The summed E-state index contributed by atoms with van der Waals surface area (Å²) in [6.07, 6.45) is 30.3. The lowest BCUT2D eigenvalue weighted by atomic mass is 10.1. The first kappa shape index (κ1) is 38.1. The molecule has 0 aromatic carbocycles. The molecule has 2 amide bonds. The van der Waals surface area contributed by atoms with Gasteiger partial charge in [-0.1, -0.05) is 141 Å². The first-order valence-electron chi connectivity index (χ1n) is 17.2. The largest absolute Gasteiger partial charge is 0.356 e. The first-order chi connectivity index (χ1) is 19.7. The van der Waals surface area contributed by atoms with Gasteiger partial charge in [-0.3, -0.25) is 9.59 Å². The molecule has 4 heteroatoms. The third-order valence-electron chi connectivity index (χ3n) is 7.36. The maximum absolute atomic E-state index is 11.9. The quantitative estimate of drug-likeness (QED) is 0.0745. The standard InChI is InChI=1S/C36H64N2O2/c1-3-5-7-9-11-13-17-21-25-29-33-37-35(39)31-27-23-19-15-16-20-24-28-32-36(40)38-34-30-26-22-18-14-12-10-8-6-4-2/h3-14,17-18,21-34H2,1-2H3,(H,37,39)(H,38,40). The van der Waals surface area contributed by atoms with E-state index in [2.05, 4.69) is 48.2 Å². The molecule has 0 bridgehead atoms. The second kappa shape index (κ2) is 33.3. The highest BCUT2D eigenvalue weighted by Gasteiger charge is 2.01. The van der Waals surface area contributed by atoms with Crippen molar-refractivity contribution in [1.82, 2.24) is 10.6 Å². The molecule has 0 radical (unpaired) electrons. The number of hydrogen-bond donors (Lipinski definition) is 2. The molecule has 0 atom stereocenters.